The maximum atomic E-state index is 2.30. The van der Waals surface area contributed by atoms with Gasteiger partial charge in [-0.05, 0) is 63.5 Å². The van der Waals surface area contributed by atoms with Gasteiger partial charge in [-0.25, -0.2) is 0 Å². The Kier molecular flexibility index (Phi) is 2.55. The van der Waals surface area contributed by atoms with E-state index >= 15 is 0 Å². The van der Waals surface area contributed by atoms with Crippen LogP contribution in [0.1, 0.15) is 27.7 Å². The quantitative estimate of drug-likeness (QED) is 0.584. The van der Waals surface area contributed by atoms with Crippen LogP contribution in [0.15, 0.2) is 22.3 Å². The molecule has 2 rings (SSSR count). The number of rotatable bonds is 1. The van der Waals surface area contributed by atoms with Crippen molar-refractivity contribution in [3.05, 3.63) is 53.9 Å². The first-order valence-corrected chi connectivity index (χ1v) is 5.23. The van der Waals surface area contributed by atoms with Crippen molar-refractivity contribution >= 4 is 0 Å². The van der Waals surface area contributed by atoms with Crippen LogP contribution in [0.2, 0.25) is 0 Å². The molecule has 73 valence electrons. The number of allylic oxidation sites excluding steroid dienone is 4. The third-order valence-electron chi connectivity index (χ3n) is 3.61. The van der Waals surface area contributed by atoms with Crippen LogP contribution >= 0.6 is 0 Å². The van der Waals surface area contributed by atoms with Crippen LogP contribution in [-0.2, 0) is 0 Å². The highest BCUT2D eigenvalue weighted by Gasteiger charge is 2.30. The van der Waals surface area contributed by atoms with E-state index in [0.717, 1.165) is 0 Å². The van der Waals surface area contributed by atoms with Gasteiger partial charge < -0.3 is 0 Å². The predicted octanol–water partition coefficient (Wildman–Crippen LogP) is 3.69. The molecule has 1 saturated carbocycles. The summed E-state index contributed by atoms with van der Waals surface area (Å²) < 4.78 is 0. The van der Waals surface area contributed by atoms with Crippen LogP contribution in [-0.4, -0.2) is 0 Å². The minimum atomic E-state index is 0.625. The molecule has 0 aromatic rings. The zero-order valence-corrected chi connectivity index (χ0v) is 9.39. The summed E-state index contributed by atoms with van der Waals surface area (Å²) in [5.41, 5.74) is 5.99. The molecule has 0 nitrogen and oxygen atoms in total. The van der Waals surface area contributed by atoms with Crippen molar-refractivity contribution in [1.82, 2.24) is 0 Å². The molecule has 0 heteroatoms. The summed E-state index contributed by atoms with van der Waals surface area (Å²) in [5, 5.41) is 0. The van der Waals surface area contributed by atoms with Gasteiger partial charge in [-0.15, -0.1) is 0 Å². The number of hydrogen-bond donors (Lipinski definition) is 0. The summed E-state index contributed by atoms with van der Waals surface area (Å²) in [6.45, 7) is 9.04. The normalized spacial score (nSPS) is 29.6. The highest BCUT2D eigenvalue weighted by molar-refractivity contribution is 5.62. The van der Waals surface area contributed by atoms with Crippen molar-refractivity contribution < 1.29 is 0 Å². The van der Waals surface area contributed by atoms with E-state index in [-0.39, 0.29) is 0 Å². The van der Waals surface area contributed by atoms with Gasteiger partial charge >= 0.3 is 0 Å². The Balaban J connectivity index is 2.33. The fraction of sp³-hybridized carbons (Fsp3) is 0.357. The van der Waals surface area contributed by atoms with Gasteiger partial charge in [0.25, 0.3) is 0 Å². The molecular formula is C14H17. The van der Waals surface area contributed by atoms with Gasteiger partial charge in [0.05, 0.1) is 0 Å². The van der Waals surface area contributed by atoms with Crippen molar-refractivity contribution in [2.75, 3.05) is 0 Å². The Morgan fingerprint density at radius 2 is 1.50 bits per heavy atom. The molecule has 2 aliphatic rings. The van der Waals surface area contributed by atoms with Crippen LogP contribution in [0.3, 0.4) is 0 Å². The molecule has 0 saturated heterocycles. The van der Waals surface area contributed by atoms with E-state index < -0.39 is 0 Å². The molecule has 0 bridgehead atoms. The summed E-state index contributed by atoms with van der Waals surface area (Å²) in [5.74, 6) is 2.00. The lowest BCUT2D eigenvalue weighted by atomic mass is 9.90. The Bertz CT molecular complexity index is 298. The van der Waals surface area contributed by atoms with Gasteiger partial charge in [-0.3, -0.25) is 0 Å². The van der Waals surface area contributed by atoms with Gasteiger partial charge in [0, 0.05) is 5.92 Å². The minimum Gasteiger partial charge on any atom is -0.0632 e. The third kappa shape index (κ3) is 1.36. The van der Waals surface area contributed by atoms with E-state index in [4.69, 9.17) is 0 Å². The largest absolute Gasteiger partial charge is 0.0632 e. The molecule has 14 heavy (non-hydrogen) atoms. The Hall–Kier alpha value is -0.520. The molecule has 0 spiro atoms. The van der Waals surface area contributed by atoms with Crippen LogP contribution in [0.4, 0.5) is 0 Å². The molecule has 0 aromatic carbocycles. The smallest absolute Gasteiger partial charge is 0.0126 e. The standard InChI is InChI=1S/C14H17/c1-9-10(2)12(4)14(11(9)3)13-7-5-6-8-13/h5-9H,1-4H3. The molecule has 2 aliphatic carbocycles. The molecule has 1 unspecified atom stereocenters. The molecule has 0 heterocycles. The predicted molar refractivity (Wildman–Crippen MR) is 60.7 cm³/mol. The van der Waals surface area contributed by atoms with Crippen molar-refractivity contribution in [3.8, 4) is 0 Å². The van der Waals surface area contributed by atoms with Gasteiger partial charge in [-0.2, -0.15) is 0 Å². The zero-order valence-electron chi connectivity index (χ0n) is 9.39. The summed E-state index contributed by atoms with van der Waals surface area (Å²) >= 11 is 0. The first-order valence-electron chi connectivity index (χ1n) is 5.23. The lowest BCUT2D eigenvalue weighted by molar-refractivity contribution is 0.814. The van der Waals surface area contributed by atoms with Gasteiger partial charge in [0.2, 0.25) is 0 Å². The maximum absolute atomic E-state index is 2.30. The maximum Gasteiger partial charge on any atom is 0.0126 e. The first kappa shape index (κ1) is 10.0. The average molecular weight is 185 g/mol. The van der Waals surface area contributed by atoms with Crippen LogP contribution in [0, 0.1) is 37.5 Å². The van der Waals surface area contributed by atoms with E-state index in [1.165, 1.54) is 28.2 Å². The van der Waals surface area contributed by atoms with Crippen molar-refractivity contribution in [2.45, 2.75) is 27.7 Å². The average Bonchev–Trinajstić information content (AvgIpc) is 2.73. The SMILES string of the molecule is CC1=C(C)C(C)C(C)=C1[C]1[CH][CH][CH][CH]1. The Morgan fingerprint density at radius 3 is 1.93 bits per heavy atom. The lowest BCUT2D eigenvalue weighted by Gasteiger charge is -2.13. The monoisotopic (exact) mass is 185 g/mol. The second-order valence-electron chi connectivity index (χ2n) is 4.26. The lowest BCUT2D eigenvalue weighted by Crippen LogP contribution is -1.99. The fourth-order valence-electron chi connectivity index (χ4n) is 2.34. The van der Waals surface area contributed by atoms with E-state index in [9.17, 15) is 0 Å². The summed E-state index contributed by atoms with van der Waals surface area (Å²) in [6, 6.07) is 0. The van der Waals surface area contributed by atoms with Crippen LogP contribution in [0.25, 0.3) is 0 Å². The van der Waals surface area contributed by atoms with Crippen molar-refractivity contribution in [1.29, 1.82) is 0 Å². The fourth-order valence-corrected chi connectivity index (χ4v) is 2.34. The van der Waals surface area contributed by atoms with E-state index in [0.29, 0.717) is 5.92 Å². The molecule has 5 radical (unpaired) electrons. The first-order chi connectivity index (χ1) is 6.63. The van der Waals surface area contributed by atoms with Crippen molar-refractivity contribution in [3.63, 3.8) is 0 Å². The Morgan fingerprint density at radius 1 is 0.929 bits per heavy atom. The van der Waals surface area contributed by atoms with Crippen LogP contribution in [0.5, 0.6) is 0 Å². The molecule has 1 atom stereocenters. The van der Waals surface area contributed by atoms with E-state index in [2.05, 4.69) is 53.4 Å². The summed E-state index contributed by atoms with van der Waals surface area (Å²) in [7, 11) is 0. The van der Waals surface area contributed by atoms with Crippen molar-refractivity contribution in [2.24, 2.45) is 5.92 Å². The minimum absolute atomic E-state index is 0.625. The van der Waals surface area contributed by atoms with E-state index in [1.807, 2.05) is 0 Å². The summed E-state index contributed by atoms with van der Waals surface area (Å²) in [4.78, 5) is 0. The Labute approximate surface area is 88.1 Å². The van der Waals surface area contributed by atoms with Gasteiger partial charge in [0.15, 0.2) is 0 Å². The second-order valence-corrected chi connectivity index (χ2v) is 4.26. The topological polar surface area (TPSA) is 0 Å². The molecular weight excluding hydrogens is 168 g/mol. The second kappa shape index (κ2) is 3.56. The zero-order chi connectivity index (χ0) is 10.3. The third-order valence-corrected chi connectivity index (χ3v) is 3.61. The summed E-state index contributed by atoms with van der Waals surface area (Å²) in [6.07, 6.45) is 8.63. The van der Waals surface area contributed by atoms with Gasteiger partial charge in [0.1, 0.15) is 0 Å². The molecule has 0 aliphatic heterocycles. The molecule has 0 aromatic heterocycles. The molecule has 0 amide bonds. The molecule has 0 N–H and O–H groups in total. The highest BCUT2D eigenvalue weighted by Crippen LogP contribution is 2.44. The van der Waals surface area contributed by atoms with Gasteiger partial charge in [-0.1, -0.05) is 18.1 Å². The number of hydrogen-bond acceptors (Lipinski definition) is 0. The molecule has 1 fully saturated rings. The van der Waals surface area contributed by atoms with Crippen LogP contribution < -0.4 is 0 Å². The van der Waals surface area contributed by atoms with E-state index in [1.54, 1.807) is 0 Å². The highest BCUT2D eigenvalue weighted by atomic mass is 14.3.